The first-order valence-corrected chi connectivity index (χ1v) is 12.0. The van der Waals surface area contributed by atoms with Crippen molar-refractivity contribution < 1.29 is 10.2 Å². The summed E-state index contributed by atoms with van der Waals surface area (Å²) in [5.74, 6) is 0.856. The Morgan fingerprint density at radius 1 is 0.719 bits per heavy atom. The van der Waals surface area contributed by atoms with E-state index in [-0.39, 0.29) is 0 Å². The third kappa shape index (κ3) is 7.14. The largest absolute Gasteiger partial charge is 0.390 e. The normalized spacial score (nSPS) is 25.4. The predicted molar refractivity (Wildman–Crippen MR) is 132 cm³/mol. The van der Waals surface area contributed by atoms with Crippen molar-refractivity contribution in [3.8, 4) is 0 Å². The summed E-state index contributed by atoms with van der Waals surface area (Å²) in [4.78, 5) is 2.56. The maximum atomic E-state index is 10.2. The number of rotatable bonds is 7. The first kappa shape index (κ1) is 24.9. The molecule has 2 aliphatic carbocycles. The number of aliphatic hydroxyl groups is 2. The molecule has 0 saturated heterocycles. The summed E-state index contributed by atoms with van der Waals surface area (Å²) in [6, 6.07) is 22.3. The molecule has 0 aromatic heterocycles. The van der Waals surface area contributed by atoms with Crippen LogP contribution in [0.4, 0.5) is 0 Å². The number of nitrogens with zero attached hydrogens (tertiary/aromatic N) is 1. The molecule has 0 spiro atoms. The smallest absolute Gasteiger partial charge is 0.0620 e. The Balaban J connectivity index is 0.000000269. The lowest BCUT2D eigenvalue weighted by Crippen LogP contribution is -2.50. The van der Waals surface area contributed by atoms with Crippen LogP contribution in [-0.2, 0) is 13.1 Å². The highest BCUT2D eigenvalue weighted by molar-refractivity contribution is 5.18. The monoisotopic (exact) mass is 438 g/mol. The highest BCUT2D eigenvalue weighted by atomic mass is 16.3. The molecule has 2 saturated carbocycles. The number of hydrogen-bond acceptors (Lipinski definition) is 4. The van der Waals surface area contributed by atoms with Crippen LogP contribution in [0.15, 0.2) is 60.7 Å². The van der Waals surface area contributed by atoms with E-state index in [1.54, 1.807) is 0 Å². The second-order valence-electron chi connectivity index (χ2n) is 10.9. The molecule has 4 heteroatoms. The van der Waals surface area contributed by atoms with E-state index in [1.165, 1.54) is 11.1 Å². The van der Waals surface area contributed by atoms with Crippen LogP contribution in [0.2, 0.25) is 0 Å². The molecule has 2 aromatic carbocycles. The minimum absolute atomic E-state index is 0.349. The molecule has 0 heterocycles. The Morgan fingerprint density at radius 2 is 1.09 bits per heavy atom. The Morgan fingerprint density at radius 3 is 1.41 bits per heavy atom. The molecule has 4 nitrogen and oxygen atoms in total. The van der Waals surface area contributed by atoms with Gasteiger partial charge >= 0.3 is 0 Å². The molecule has 0 bridgehead atoms. The molecule has 32 heavy (non-hydrogen) atoms. The van der Waals surface area contributed by atoms with Gasteiger partial charge in [-0.05, 0) is 76.3 Å². The van der Waals surface area contributed by atoms with Crippen LogP contribution in [0, 0.1) is 11.8 Å². The van der Waals surface area contributed by atoms with Gasteiger partial charge in [0.05, 0.1) is 11.2 Å². The second kappa shape index (κ2) is 10.5. The molecule has 0 atom stereocenters. The fourth-order valence-electron chi connectivity index (χ4n) is 4.65. The Labute approximate surface area is 194 Å². The summed E-state index contributed by atoms with van der Waals surface area (Å²) in [5.41, 5.74) is 7.21. The molecule has 0 unspecified atom stereocenters. The van der Waals surface area contributed by atoms with Crippen LogP contribution in [-0.4, -0.2) is 38.4 Å². The standard InChI is InChI=1S/C21H27NO.C7H15NO/c1-21(2,23)19-13-20(14-19)22(15-17-9-5-3-6-10-17)16-18-11-7-4-8-12-18;1-7(2,9)5-3-6(8)4-5/h3-12,19-20,23H,13-16H2,1-2H3;5-6,9H,3-4,8H2,1-2H3. The number of benzene rings is 2. The zero-order valence-electron chi connectivity index (χ0n) is 20.2. The number of nitrogens with two attached hydrogens (primary N) is 1. The average Bonchev–Trinajstić information content (AvgIpc) is 2.64. The molecule has 0 aliphatic heterocycles. The number of hydrogen-bond donors (Lipinski definition) is 3. The van der Waals surface area contributed by atoms with Crippen molar-refractivity contribution in [3.05, 3.63) is 71.8 Å². The molecular formula is C28H42N2O2. The maximum absolute atomic E-state index is 10.2. The van der Waals surface area contributed by atoms with Gasteiger partial charge in [0.1, 0.15) is 0 Å². The van der Waals surface area contributed by atoms with Crippen molar-refractivity contribution in [2.24, 2.45) is 17.6 Å². The van der Waals surface area contributed by atoms with E-state index in [0.29, 0.717) is 23.9 Å². The minimum Gasteiger partial charge on any atom is -0.390 e. The van der Waals surface area contributed by atoms with Crippen molar-refractivity contribution in [2.75, 3.05) is 0 Å². The molecule has 0 amide bonds. The molecular weight excluding hydrogens is 396 g/mol. The van der Waals surface area contributed by atoms with Gasteiger partial charge < -0.3 is 15.9 Å². The molecule has 176 valence electrons. The molecule has 4 N–H and O–H groups in total. The lowest BCUT2D eigenvalue weighted by Gasteiger charge is -2.47. The Hall–Kier alpha value is -1.72. The van der Waals surface area contributed by atoms with Crippen LogP contribution in [0.5, 0.6) is 0 Å². The van der Waals surface area contributed by atoms with E-state index in [9.17, 15) is 10.2 Å². The molecule has 2 fully saturated rings. The SMILES string of the molecule is CC(C)(O)C1CC(N(Cc2ccccc2)Cc2ccccc2)C1.CC(C)(O)C1CC(N)C1. The van der Waals surface area contributed by atoms with Crippen molar-refractivity contribution >= 4 is 0 Å². The van der Waals surface area contributed by atoms with Gasteiger partial charge in [-0.15, -0.1) is 0 Å². The van der Waals surface area contributed by atoms with Gasteiger partial charge in [0.25, 0.3) is 0 Å². The van der Waals surface area contributed by atoms with E-state index in [0.717, 1.165) is 38.8 Å². The predicted octanol–water partition coefficient (Wildman–Crippen LogP) is 4.73. The van der Waals surface area contributed by atoms with E-state index < -0.39 is 11.2 Å². The first-order valence-electron chi connectivity index (χ1n) is 12.0. The third-order valence-electron chi connectivity index (χ3n) is 7.26. The van der Waals surface area contributed by atoms with Crippen LogP contribution in [0.1, 0.15) is 64.5 Å². The maximum Gasteiger partial charge on any atom is 0.0620 e. The lowest BCUT2D eigenvalue weighted by atomic mass is 9.70. The summed E-state index contributed by atoms with van der Waals surface area (Å²) in [5, 5.41) is 19.6. The zero-order valence-corrected chi connectivity index (χ0v) is 20.2. The fourth-order valence-corrected chi connectivity index (χ4v) is 4.65. The van der Waals surface area contributed by atoms with E-state index in [4.69, 9.17) is 5.73 Å². The minimum atomic E-state index is -0.554. The lowest BCUT2D eigenvalue weighted by molar-refractivity contribution is -0.0625. The Bertz CT molecular complexity index is 757. The first-order chi connectivity index (χ1) is 15.0. The van der Waals surface area contributed by atoms with Gasteiger partial charge in [-0.3, -0.25) is 4.90 Å². The van der Waals surface area contributed by atoms with E-state index in [2.05, 4.69) is 65.6 Å². The van der Waals surface area contributed by atoms with Gasteiger partial charge in [-0.25, -0.2) is 0 Å². The zero-order chi connectivity index (χ0) is 23.4. The van der Waals surface area contributed by atoms with E-state index in [1.807, 2.05) is 27.7 Å². The topological polar surface area (TPSA) is 69.7 Å². The van der Waals surface area contributed by atoms with Gasteiger partial charge in [0.15, 0.2) is 0 Å². The highest BCUT2D eigenvalue weighted by Gasteiger charge is 2.41. The fraction of sp³-hybridized carbons (Fsp3) is 0.571. The van der Waals surface area contributed by atoms with Crippen molar-refractivity contribution in [3.63, 3.8) is 0 Å². The quantitative estimate of drug-likeness (QED) is 0.584. The van der Waals surface area contributed by atoms with E-state index >= 15 is 0 Å². The summed E-state index contributed by atoms with van der Waals surface area (Å²) >= 11 is 0. The highest BCUT2D eigenvalue weighted by Crippen LogP contribution is 2.40. The van der Waals surface area contributed by atoms with Crippen LogP contribution in [0.3, 0.4) is 0 Å². The average molecular weight is 439 g/mol. The third-order valence-corrected chi connectivity index (χ3v) is 7.26. The van der Waals surface area contributed by atoms with Crippen molar-refractivity contribution in [2.45, 2.75) is 89.8 Å². The van der Waals surface area contributed by atoms with Gasteiger partial charge in [-0.1, -0.05) is 60.7 Å². The van der Waals surface area contributed by atoms with Gasteiger partial charge in [-0.2, -0.15) is 0 Å². The Kier molecular flexibility index (Phi) is 8.16. The van der Waals surface area contributed by atoms with Crippen molar-refractivity contribution in [1.82, 2.24) is 4.90 Å². The summed E-state index contributed by atoms with van der Waals surface area (Å²) in [6.07, 6.45) is 4.15. The molecule has 0 radical (unpaired) electrons. The van der Waals surface area contributed by atoms with Crippen LogP contribution >= 0.6 is 0 Å². The van der Waals surface area contributed by atoms with Crippen molar-refractivity contribution in [1.29, 1.82) is 0 Å². The van der Waals surface area contributed by atoms with Crippen LogP contribution < -0.4 is 5.73 Å². The molecule has 4 rings (SSSR count). The molecule has 2 aliphatic rings. The van der Waals surface area contributed by atoms with Gasteiger partial charge in [0, 0.05) is 25.2 Å². The summed E-state index contributed by atoms with van der Waals surface area (Å²) < 4.78 is 0. The summed E-state index contributed by atoms with van der Waals surface area (Å²) in [7, 11) is 0. The summed E-state index contributed by atoms with van der Waals surface area (Å²) in [6.45, 7) is 9.52. The van der Waals surface area contributed by atoms with Gasteiger partial charge in [0.2, 0.25) is 0 Å². The molecule has 2 aromatic rings. The second-order valence-corrected chi connectivity index (χ2v) is 10.9. The van der Waals surface area contributed by atoms with Crippen LogP contribution in [0.25, 0.3) is 0 Å².